The summed E-state index contributed by atoms with van der Waals surface area (Å²) in [6.45, 7) is 8.05. The van der Waals surface area contributed by atoms with Gasteiger partial charge in [0.25, 0.3) is 0 Å². The van der Waals surface area contributed by atoms with E-state index in [1.54, 1.807) is 0 Å². The van der Waals surface area contributed by atoms with E-state index in [1.807, 2.05) is 58.0 Å². The van der Waals surface area contributed by atoms with Crippen molar-refractivity contribution in [1.29, 1.82) is 0 Å². The van der Waals surface area contributed by atoms with Crippen LogP contribution in [-0.2, 0) is 16.1 Å². The lowest BCUT2D eigenvalue weighted by atomic mass is 10.2. The Balaban J connectivity index is 2.45. The van der Waals surface area contributed by atoms with Crippen molar-refractivity contribution in [3.8, 4) is 0 Å². The van der Waals surface area contributed by atoms with Gasteiger partial charge >= 0.3 is 5.97 Å². The monoisotopic (exact) mass is 247 g/mol. The van der Waals surface area contributed by atoms with Crippen LogP contribution in [0.1, 0.15) is 39.7 Å². The molecule has 0 heterocycles. The highest BCUT2D eigenvalue weighted by molar-refractivity contribution is 5.97. The topological polar surface area (TPSA) is 38.7 Å². The van der Waals surface area contributed by atoms with E-state index >= 15 is 0 Å². The number of benzene rings is 1. The van der Waals surface area contributed by atoms with Gasteiger partial charge in [-0.2, -0.15) is 0 Å². The van der Waals surface area contributed by atoms with Gasteiger partial charge in [-0.15, -0.1) is 0 Å². The van der Waals surface area contributed by atoms with Gasteiger partial charge in [-0.05, 0) is 33.3 Å². The number of esters is 1. The second kappa shape index (κ2) is 6.34. The number of hydrogen-bond acceptors (Lipinski definition) is 3. The van der Waals surface area contributed by atoms with Crippen molar-refractivity contribution in [2.24, 2.45) is 4.99 Å². The Kier molecular flexibility index (Phi) is 5.08. The fraction of sp³-hybridized carbons (Fsp3) is 0.467. The van der Waals surface area contributed by atoms with Crippen molar-refractivity contribution in [3.05, 3.63) is 35.9 Å². The largest absolute Gasteiger partial charge is 0.460 e. The van der Waals surface area contributed by atoms with Crippen LogP contribution >= 0.6 is 0 Å². The zero-order valence-corrected chi connectivity index (χ0v) is 11.6. The van der Waals surface area contributed by atoms with Crippen molar-refractivity contribution in [2.45, 2.75) is 46.3 Å². The molecule has 0 aromatic heterocycles. The number of hydrogen-bond donors (Lipinski definition) is 0. The van der Waals surface area contributed by atoms with Crippen LogP contribution in [0.2, 0.25) is 0 Å². The fourth-order valence-electron chi connectivity index (χ4n) is 1.45. The first-order valence-corrected chi connectivity index (χ1v) is 6.12. The van der Waals surface area contributed by atoms with E-state index in [-0.39, 0.29) is 12.4 Å². The van der Waals surface area contributed by atoms with Gasteiger partial charge < -0.3 is 4.74 Å². The first-order chi connectivity index (χ1) is 8.37. The Bertz CT molecular complexity index is 416. The lowest BCUT2D eigenvalue weighted by Crippen LogP contribution is -2.24. The van der Waals surface area contributed by atoms with Gasteiger partial charge in [-0.1, -0.05) is 30.3 Å². The van der Waals surface area contributed by atoms with Crippen LogP contribution in [0.3, 0.4) is 0 Å². The van der Waals surface area contributed by atoms with Crippen molar-refractivity contribution in [2.75, 3.05) is 0 Å². The Morgan fingerprint density at radius 1 is 1.22 bits per heavy atom. The molecule has 0 unspecified atom stereocenters. The minimum atomic E-state index is -0.434. The maximum atomic E-state index is 11.6. The lowest BCUT2D eigenvalue weighted by Gasteiger charge is -2.19. The predicted molar refractivity (Wildman–Crippen MR) is 73.7 cm³/mol. The molecule has 0 fully saturated rings. The Labute approximate surface area is 109 Å². The summed E-state index contributed by atoms with van der Waals surface area (Å²) in [5.74, 6) is -0.225. The van der Waals surface area contributed by atoms with Gasteiger partial charge in [0.2, 0.25) is 0 Å². The molecule has 0 saturated heterocycles. The molecule has 1 aromatic rings. The Morgan fingerprint density at radius 3 is 2.39 bits per heavy atom. The number of ether oxygens (including phenoxy) is 1. The van der Waals surface area contributed by atoms with Gasteiger partial charge in [-0.3, -0.25) is 9.79 Å². The molecule has 98 valence electrons. The highest BCUT2D eigenvalue weighted by Crippen LogP contribution is 2.09. The SMILES string of the molecule is CC(CC(=O)OC(C)(C)C)=NCc1ccccc1. The minimum absolute atomic E-state index is 0.225. The molecule has 18 heavy (non-hydrogen) atoms. The molecule has 0 N–H and O–H groups in total. The molecule has 0 spiro atoms. The Hall–Kier alpha value is -1.64. The molecule has 0 aliphatic heterocycles. The smallest absolute Gasteiger partial charge is 0.312 e. The summed E-state index contributed by atoms with van der Waals surface area (Å²) in [6.07, 6.45) is 0.254. The van der Waals surface area contributed by atoms with E-state index in [1.165, 1.54) is 0 Å². The average molecular weight is 247 g/mol. The normalized spacial score (nSPS) is 12.3. The molecular formula is C15H21NO2. The molecule has 0 aliphatic carbocycles. The molecule has 1 rings (SSSR count). The molecular weight excluding hydrogens is 226 g/mol. The van der Waals surface area contributed by atoms with E-state index in [4.69, 9.17) is 4.74 Å². The molecule has 0 saturated carbocycles. The first kappa shape index (κ1) is 14.4. The summed E-state index contributed by atoms with van der Waals surface area (Å²) >= 11 is 0. The lowest BCUT2D eigenvalue weighted by molar-refractivity contribution is -0.153. The van der Waals surface area contributed by atoms with Crippen LogP contribution in [-0.4, -0.2) is 17.3 Å². The minimum Gasteiger partial charge on any atom is -0.460 e. The number of aliphatic imine (C=N–C) groups is 1. The fourth-order valence-corrected chi connectivity index (χ4v) is 1.45. The molecule has 1 aromatic carbocycles. The second-order valence-electron chi connectivity index (χ2n) is 5.30. The van der Waals surface area contributed by atoms with Gasteiger partial charge in [0.1, 0.15) is 5.60 Å². The molecule has 3 heteroatoms. The second-order valence-corrected chi connectivity index (χ2v) is 5.30. The zero-order chi connectivity index (χ0) is 13.6. The van der Waals surface area contributed by atoms with Crippen LogP contribution in [0.4, 0.5) is 0 Å². The van der Waals surface area contributed by atoms with E-state index in [0.29, 0.717) is 6.54 Å². The van der Waals surface area contributed by atoms with Crippen LogP contribution in [0, 0.1) is 0 Å². The van der Waals surface area contributed by atoms with Crippen molar-refractivity contribution >= 4 is 11.7 Å². The molecule has 0 aliphatic rings. The predicted octanol–water partition coefficient (Wildman–Crippen LogP) is 3.38. The van der Waals surface area contributed by atoms with Crippen LogP contribution in [0.25, 0.3) is 0 Å². The van der Waals surface area contributed by atoms with Crippen LogP contribution in [0.5, 0.6) is 0 Å². The van der Waals surface area contributed by atoms with Crippen molar-refractivity contribution in [1.82, 2.24) is 0 Å². The number of carbonyl (C=O) groups is 1. The van der Waals surface area contributed by atoms with Crippen molar-refractivity contribution in [3.63, 3.8) is 0 Å². The molecule has 0 atom stereocenters. The third kappa shape index (κ3) is 6.18. The van der Waals surface area contributed by atoms with E-state index < -0.39 is 5.60 Å². The molecule has 0 amide bonds. The average Bonchev–Trinajstić information content (AvgIpc) is 2.25. The third-order valence-electron chi connectivity index (χ3n) is 2.19. The number of carbonyl (C=O) groups excluding carboxylic acids is 1. The molecule has 3 nitrogen and oxygen atoms in total. The maximum Gasteiger partial charge on any atom is 0.312 e. The summed E-state index contributed by atoms with van der Waals surface area (Å²) in [5, 5.41) is 0. The van der Waals surface area contributed by atoms with E-state index in [9.17, 15) is 4.79 Å². The Morgan fingerprint density at radius 2 is 1.83 bits per heavy atom. The van der Waals surface area contributed by atoms with Crippen LogP contribution < -0.4 is 0 Å². The summed E-state index contributed by atoms with van der Waals surface area (Å²) in [4.78, 5) is 16.0. The van der Waals surface area contributed by atoms with E-state index in [2.05, 4.69) is 4.99 Å². The standard InChI is InChI=1S/C15H21NO2/c1-12(10-14(17)18-15(2,3)4)16-11-13-8-6-5-7-9-13/h5-9H,10-11H2,1-4H3. The van der Waals surface area contributed by atoms with E-state index in [0.717, 1.165) is 11.3 Å². The maximum absolute atomic E-state index is 11.6. The van der Waals surface area contributed by atoms with Gasteiger partial charge in [0, 0.05) is 5.71 Å². The summed E-state index contributed by atoms with van der Waals surface area (Å²) in [5.41, 5.74) is 1.51. The van der Waals surface area contributed by atoms with Gasteiger partial charge in [0.05, 0.1) is 13.0 Å². The molecule has 0 radical (unpaired) electrons. The van der Waals surface area contributed by atoms with Gasteiger partial charge in [-0.25, -0.2) is 0 Å². The molecule has 0 bridgehead atoms. The van der Waals surface area contributed by atoms with Crippen LogP contribution in [0.15, 0.2) is 35.3 Å². The summed E-state index contributed by atoms with van der Waals surface area (Å²) in [6, 6.07) is 9.97. The highest BCUT2D eigenvalue weighted by atomic mass is 16.6. The van der Waals surface area contributed by atoms with Gasteiger partial charge in [0.15, 0.2) is 0 Å². The zero-order valence-electron chi connectivity index (χ0n) is 11.6. The highest BCUT2D eigenvalue weighted by Gasteiger charge is 2.16. The number of rotatable bonds is 4. The summed E-state index contributed by atoms with van der Waals surface area (Å²) in [7, 11) is 0. The summed E-state index contributed by atoms with van der Waals surface area (Å²) < 4.78 is 5.24. The quantitative estimate of drug-likeness (QED) is 0.604. The third-order valence-corrected chi connectivity index (χ3v) is 2.19. The first-order valence-electron chi connectivity index (χ1n) is 6.12. The van der Waals surface area contributed by atoms with Crippen molar-refractivity contribution < 1.29 is 9.53 Å². The number of nitrogens with zero attached hydrogens (tertiary/aromatic N) is 1.